The van der Waals surface area contributed by atoms with Gasteiger partial charge in [0.2, 0.25) is 0 Å². The van der Waals surface area contributed by atoms with Crippen LogP contribution in [0.4, 0.5) is 13.2 Å². The summed E-state index contributed by atoms with van der Waals surface area (Å²) in [4.78, 5) is 30.7. The molecule has 0 radical (unpaired) electrons. The molecule has 0 atom stereocenters. The van der Waals surface area contributed by atoms with Crippen molar-refractivity contribution in [2.75, 3.05) is 14.2 Å². The lowest BCUT2D eigenvalue weighted by molar-refractivity contribution is -0.137. The van der Waals surface area contributed by atoms with E-state index in [-0.39, 0.29) is 18.0 Å². The Kier molecular flexibility index (Phi) is 6.21. The summed E-state index contributed by atoms with van der Waals surface area (Å²) in [7, 11) is 2.85. The molecule has 0 unspecified atom stereocenters. The maximum absolute atomic E-state index is 12.9. The lowest BCUT2D eigenvalue weighted by atomic mass is 10.1. The molecule has 3 rings (SSSR count). The topological polar surface area (TPSA) is 72.6 Å². The molecule has 0 saturated heterocycles. The highest BCUT2D eigenvalue weighted by molar-refractivity contribution is 7.17. The quantitative estimate of drug-likeness (QED) is 0.504. The molecule has 0 aliphatic rings. The Bertz CT molecular complexity index is 1120. The minimum atomic E-state index is -4.42. The molecule has 0 spiro atoms. The molecule has 31 heavy (non-hydrogen) atoms. The fourth-order valence-corrected chi connectivity index (χ4v) is 4.00. The number of hydrogen-bond donors (Lipinski definition) is 0. The number of methoxy groups -OCH3 is 1. The second kappa shape index (κ2) is 8.54. The van der Waals surface area contributed by atoms with E-state index in [4.69, 9.17) is 9.15 Å². The molecule has 6 nitrogen and oxygen atoms in total. The molecule has 0 N–H and O–H groups in total. The number of aromatic nitrogens is 1. The summed E-state index contributed by atoms with van der Waals surface area (Å²) in [5, 5.41) is 0.449. The van der Waals surface area contributed by atoms with Crippen LogP contribution in [0.15, 0.2) is 34.7 Å². The first-order valence-corrected chi connectivity index (χ1v) is 9.91. The monoisotopic (exact) mass is 452 g/mol. The first kappa shape index (κ1) is 22.5. The van der Waals surface area contributed by atoms with Gasteiger partial charge >= 0.3 is 12.1 Å². The lowest BCUT2D eigenvalue weighted by Crippen LogP contribution is -2.25. The summed E-state index contributed by atoms with van der Waals surface area (Å²) < 4.78 is 48.5. The van der Waals surface area contributed by atoms with Gasteiger partial charge in [-0.15, -0.1) is 11.3 Å². The third-order valence-electron chi connectivity index (χ3n) is 4.56. The summed E-state index contributed by atoms with van der Waals surface area (Å²) in [6.07, 6.45) is -4.42. The van der Waals surface area contributed by atoms with E-state index >= 15 is 0 Å². The second-order valence-electron chi connectivity index (χ2n) is 6.84. The van der Waals surface area contributed by atoms with Gasteiger partial charge in [0.1, 0.15) is 27.0 Å². The minimum Gasteiger partial charge on any atom is -0.465 e. The van der Waals surface area contributed by atoms with Gasteiger partial charge in [0, 0.05) is 12.6 Å². The Morgan fingerprint density at radius 2 is 1.84 bits per heavy atom. The highest BCUT2D eigenvalue weighted by Crippen LogP contribution is 2.33. The normalized spacial score (nSPS) is 11.5. The zero-order valence-corrected chi connectivity index (χ0v) is 18.0. The van der Waals surface area contributed by atoms with Crippen LogP contribution in [-0.2, 0) is 17.5 Å². The summed E-state index contributed by atoms with van der Waals surface area (Å²) in [6.45, 7) is 3.41. The molecule has 2 heterocycles. The fourth-order valence-electron chi connectivity index (χ4n) is 2.93. The van der Waals surface area contributed by atoms with E-state index in [1.165, 1.54) is 30.2 Å². The Morgan fingerprint density at radius 1 is 1.19 bits per heavy atom. The van der Waals surface area contributed by atoms with Gasteiger partial charge in [-0.2, -0.15) is 13.2 Å². The minimum absolute atomic E-state index is 0.115. The van der Waals surface area contributed by atoms with E-state index in [2.05, 4.69) is 4.98 Å². The largest absolute Gasteiger partial charge is 0.465 e. The van der Waals surface area contributed by atoms with E-state index < -0.39 is 17.7 Å². The van der Waals surface area contributed by atoms with Crippen molar-refractivity contribution < 1.29 is 31.9 Å². The number of carbonyl (C=O) groups excluding carboxylic acids is 2. The van der Waals surface area contributed by atoms with Crippen molar-refractivity contribution in [3.8, 4) is 10.6 Å². The van der Waals surface area contributed by atoms with E-state index in [1.807, 2.05) is 0 Å². The molecule has 1 aromatic carbocycles. The Hall–Kier alpha value is -3.14. The third kappa shape index (κ3) is 4.79. The summed E-state index contributed by atoms with van der Waals surface area (Å²) >= 11 is 1.10. The maximum Gasteiger partial charge on any atom is 0.416 e. The second-order valence-corrected chi connectivity index (χ2v) is 7.84. The average molecular weight is 452 g/mol. The van der Waals surface area contributed by atoms with Gasteiger partial charge in [0.05, 0.1) is 24.9 Å². The molecule has 0 aliphatic carbocycles. The van der Waals surface area contributed by atoms with Crippen LogP contribution in [0.1, 0.15) is 42.8 Å². The smallest absolute Gasteiger partial charge is 0.416 e. The van der Waals surface area contributed by atoms with Crippen molar-refractivity contribution in [1.29, 1.82) is 0 Å². The van der Waals surface area contributed by atoms with Gasteiger partial charge in [-0.3, -0.25) is 4.79 Å². The van der Waals surface area contributed by atoms with Crippen molar-refractivity contribution in [3.63, 3.8) is 0 Å². The first-order valence-electron chi connectivity index (χ1n) is 9.09. The van der Waals surface area contributed by atoms with Crippen molar-refractivity contribution in [1.82, 2.24) is 9.88 Å². The molecule has 3 aromatic rings. The van der Waals surface area contributed by atoms with Crippen LogP contribution in [0.2, 0.25) is 0 Å². The highest BCUT2D eigenvalue weighted by atomic mass is 32.1. The number of thiazole rings is 1. The first-order chi connectivity index (χ1) is 14.5. The Morgan fingerprint density at radius 3 is 2.42 bits per heavy atom. The number of esters is 1. The van der Waals surface area contributed by atoms with Crippen LogP contribution in [0.5, 0.6) is 0 Å². The molecule has 10 heteroatoms. The van der Waals surface area contributed by atoms with Crippen molar-refractivity contribution in [2.24, 2.45) is 0 Å². The molecule has 0 bridgehead atoms. The third-order valence-corrected chi connectivity index (χ3v) is 5.76. The number of halogens is 3. The number of carbonyl (C=O) groups is 2. The van der Waals surface area contributed by atoms with Crippen LogP contribution in [0.3, 0.4) is 0 Å². The molecular weight excluding hydrogens is 433 g/mol. The standard InChI is InChI=1S/C21H19F3N2O4S/c1-11-17(31-18(25-11)13-5-7-14(8-6-13)21(22,23)24)19(27)26(3)10-15-9-16(12(2)30-15)20(28)29-4/h5-9H,10H2,1-4H3. The van der Waals surface area contributed by atoms with Crippen molar-refractivity contribution in [3.05, 3.63) is 63.6 Å². The number of nitrogens with zero attached hydrogens (tertiary/aromatic N) is 2. The van der Waals surface area contributed by atoms with E-state index in [0.29, 0.717) is 32.7 Å². The molecule has 1 amide bonds. The van der Waals surface area contributed by atoms with Gasteiger partial charge in [-0.05, 0) is 32.0 Å². The number of amides is 1. The SMILES string of the molecule is COC(=O)c1cc(CN(C)C(=O)c2sc(-c3ccc(C(F)(F)F)cc3)nc2C)oc1C. The summed E-state index contributed by atoms with van der Waals surface area (Å²) in [5.74, 6) is -0.0389. The van der Waals surface area contributed by atoms with Crippen molar-refractivity contribution in [2.45, 2.75) is 26.6 Å². The van der Waals surface area contributed by atoms with E-state index in [1.54, 1.807) is 20.9 Å². The maximum atomic E-state index is 12.9. The number of alkyl halides is 3. The number of rotatable bonds is 5. The van der Waals surface area contributed by atoms with Crippen LogP contribution in [0, 0.1) is 13.8 Å². The molecule has 0 saturated carbocycles. The summed E-state index contributed by atoms with van der Waals surface area (Å²) in [6, 6.07) is 6.16. The van der Waals surface area contributed by atoms with Crippen LogP contribution < -0.4 is 0 Å². The van der Waals surface area contributed by atoms with Gasteiger partial charge < -0.3 is 14.1 Å². The van der Waals surface area contributed by atoms with Gasteiger partial charge in [0.15, 0.2) is 0 Å². The lowest BCUT2D eigenvalue weighted by Gasteiger charge is -2.14. The van der Waals surface area contributed by atoms with Gasteiger partial charge in [-0.25, -0.2) is 9.78 Å². The Labute approximate surface area is 180 Å². The number of benzene rings is 1. The van der Waals surface area contributed by atoms with Gasteiger partial charge in [-0.1, -0.05) is 12.1 Å². The summed E-state index contributed by atoms with van der Waals surface area (Å²) in [5.41, 5.74) is 0.507. The zero-order valence-electron chi connectivity index (χ0n) is 17.2. The van der Waals surface area contributed by atoms with E-state index in [9.17, 15) is 22.8 Å². The molecule has 0 aliphatic heterocycles. The number of ether oxygens (including phenoxy) is 1. The predicted octanol–water partition coefficient (Wildman–Crippen LogP) is 5.10. The van der Waals surface area contributed by atoms with Crippen molar-refractivity contribution >= 4 is 23.2 Å². The molecule has 0 fully saturated rings. The number of hydrogen-bond acceptors (Lipinski definition) is 6. The average Bonchev–Trinajstić information content (AvgIpc) is 3.28. The van der Waals surface area contributed by atoms with E-state index in [0.717, 1.165) is 23.5 Å². The van der Waals surface area contributed by atoms with Crippen LogP contribution in [0.25, 0.3) is 10.6 Å². The predicted molar refractivity (Wildman–Crippen MR) is 108 cm³/mol. The van der Waals surface area contributed by atoms with Crippen LogP contribution >= 0.6 is 11.3 Å². The number of aryl methyl sites for hydroxylation is 2. The highest BCUT2D eigenvalue weighted by Gasteiger charge is 2.30. The Balaban J connectivity index is 1.78. The molecule has 164 valence electrons. The fraction of sp³-hybridized carbons (Fsp3) is 0.286. The van der Waals surface area contributed by atoms with Crippen LogP contribution in [-0.4, -0.2) is 35.9 Å². The molecular formula is C21H19F3N2O4S. The molecule has 2 aromatic heterocycles. The zero-order chi connectivity index (χ0) is 22.9. The number of furan rings is 1. The van der Waals surface area contributed by atoms with Gasteiger partial charge in [0.25, 0.3) is 5.91 Å².